The lowest BCUT2D eigenvalue weighted by atomic mass is 10.2. The lowest BCUT2D eigenvalue weighted by Crippen LogP contribution is -2.04. The Labute approximate surface area is 165 Å². The lowest BCUT2D eigenvalue weighted by molar-refractivity contribution is 0.303. The van der Waals surface area contributed by atoms with Crippen molar-refractivity contribution in [2.75, 3.05) is 5.32 Å². The lowest BCUT2D eigenvalue weighted by Gasteiger charge is -2.14. The van der Waals surface area contributed by atoms with Crippen LogP contribution in [-0.4, -0.2) is 0 Å². The number of hydrogen-bond donors (Lipinski definition) is 1. The molecule has 0 saturated carbocycles. The van der Waals surface area contributed by atoms with E-state index in [1.807, 2.05) is 60.7 Å². The first kappa shape index (κ1) is 18.1. The van der Waals surface area contributed by atoms with Gasteiger partial charge in [0.25, 0.3) is 0 Å². The number of nitrogens with one attached hydrogen (secondary N) is 1. The van der Waals surface area contributed by atoms with E-state index in [9.17, 15) is 0 Å². The summed E-state index contributed by atoms with van der Waals surface area (Å²) in [6.07, 6.45) is 0. The van der Waals surface area contributed by atoms with E-state index in [1.54, 1.807) is 0 Å². The number of ether oxygens (including phenoxy) is 1. The van der Waals surface area contributed by atoms with Gasteiger partial charge in [0.1, 0.15) is 12.4 Å². The summed E-state index contributed by atoms with van der Waals surface area (Å²) in [4.78, 5) is 0. The summed E-state index contributed by atoms with van der Waals surface area (Å²) in [5.41, 5.74) is 3.15. The zero-order valence-corrected chi connectivity index (χ0v) is 16.4. The van der Waals surface area contributed by atoms with Gasteiger partial charge in [-0.2, -0.15) is 0 Å². The van der Waals surface area contributed by atoms with E-state index in [1.165, 1.54) is 0 Å². The van der Waals surface area contributed by atoms with Gasteiger partial charge in [0.05, 0.1) is 0 Å². The summed E-state index contributed by atoms with van der Waals surface area (Å²) >= 11 is 15.4. The molecule has 0 unspecified atom stereocenters. The van der Waals surface area contributed by atoms with E-state index in [0.717, 1.165) is 37.1 Å². The summed E-state index contributed by atoms with van der Waals surface area (Å²) in [7, 11) is 0. The third-order valence-corrected chi connectivity index (χ3v) is 4.65. The highest BCUT2D eigenvalue weighted by molar-refractivity contribution is 9.10. The second kappa shape index (κ2) is 8.61. The van der Waals surface area contributed by atoms with Gasteiger partial charge in [-0.25, -0.2) is 0 Å². The summed E-state index contributed by atoms with van der Waals surface area (Å²) in [6, 6.07) is 21.3. The zero-order valence-electron chi connectivity index (χ0n) is 13.3. The van der Waals surface area contributed by atoms with Gasteiger partial charge in [-0.15, -0.1) is 0 Å². The Hall–Kier alpha value is -1.68. The first-order chi connectivity index (χ1) is 12.1. The molecule has 0 heterocycles. The fourth-order valence-electron chi connectivity index (χ4n) is 2.33. The van der Waals surface area contributed by atoms with Gasteiger partial charge in [0, 0.05) is 32.3 Å². The number of rotatable bonds is 6. The molecule has 0 radical (unpaired) electrons. The molecule has 25 heavy (non-hydrogen) atoms. The Balaban J connectivity index is 1.69. The fraction of sp³-hybridized carbons (Fsp3) is 0.100. The summed E-state index contributed by atoms with van der Waals surface area (Å²) in [6.45, 7) is 1.14. The summed E-state index contributed by atoms with van der Waals surface area (Å²) < 4.78 is 7.01. The van der Waals surface area contributed by atoms with Crippen LogP contribution in [-0.2, 0) is 13.2 Å². The highest BCUT2D eigenvalue weighted by Crippen LogP contribution is 2.26. The average molecular weight is 437 g/mol. The monoisotopic (exact) mass is 435 g/mol. The predicted molar refractivity (Wildman–Crippen MR) is 109 cm³/mol. The maximum atomic E-state index is 6.00. The summed E-state index contributed by atoms with van der Waals surface area (Å²) in [5, 5.41) is 4.83. The Morgan fingerprint density at radius 2 is 1.48 bits per heavy atom. The molecule has 0 aliphatic heterocycles. The van der Waals surface area contributed by atoms with Gasteiger partial charge in [0.2, 0.25) is 0 Å². The SMILES string of the molecule is Clc1ccc(COc2ccc(Br)cc2CNc2ccc(Cl)cc2)cc1. The molecule has 0 aliphatic rings. The van der Waals surface area contributed by atoms with Crippen molar-refractivity contribution in [3.05, 3.63) is 92.4 Å². The highest BCUT2D eigenvalue weighted by atomic mass is 79.9. The summed E-state index contributed by atoms with van der Waals surface area (Å²) in [5.74, 6) is 0.847. The van der Waals surface area contributed by atoms with Crippen molar-refractivity contribution >= 4 is 44.8 Å². The van der Waals surface area contributed by atoms with E-state index < -0.39 is 0 Å². The van der Waals surface area contributed by atoms with Crippen LogP contribution in [0.3, 0.4) is 0 Å². The second-order valence-electron chi connectivity index (χ2n) is 5.53. The van der Waals surface area contributed by atoms with Crippen LogP contribution in [0.1, 0.15) is 11.1 Å². The molecular formula is C20H16BrCl2NO. The topological polar surface area (TPSA) is 21.3 Å². The minimum atomic E-state index is 0.493. The van der Waals surface area contributed by atoms with Crippen molar-refractivity contribution in [3.63, 3.8) is 0 Å². The average Bonchev–Trinajstić information content (AvgIpc) is 2.62. The molecule has 0 atom stereocenters. The first-order valence-electron chi connectivity index (χ1n) is 7.75. The third kappa shape index (κ3) is 5.40. The molecule has 1 N–H and O–H groups in total. The van der Waals surface area contributed by atoms with E-state index in [0.29, 0.717) is 13.2 Å². The van der Waals surface area contributed by atoms with Gasteiger partial charge < -0.3 is 10.1 Å². The van der Waals surface area contributed by atoms with Crippen molar-refractivity contribution in [3.8, 4) is 5.75 Å². The van der Waals surface area contributed by atoms with Crippen LogP contribution in [0, 0.1) is 0 Å². The zero-order chi connectivity index (χ0) is 17.6. The van der Waals surface area contributed by atoms with Gasteiger partial charge in [-0.3, -0.25) is 0 Å². The van der Waals surface area contributed by atoms with Gasteiger partial charge in [0.15, 0.2) is 0 Å². The van der Waals surface area contributed by atoms with Crippen LogP contribution in [0.2, 0.25) is 10.0 Å². The predicted octanol–water partition coefficient (Wildman–Crippen LogP) is 6.95. The van der Waals surface area contributed by atoms with Crippen molar-refractivity contribution in [1.82, 2.24) is 0 Å². The molecule has 0 amide bonds. The third-order valence-electron chi connectivity index (χ3n) is 3.66. The van der Waals surface area contributed by atoms with Crippen molar-refractivity contribution in [2.45, 2.75) is 13.2 Å². The first-order valence-corrected chi connectivity index (χ1v) is 9.30. The Morgan fingerprint density at radius 3 is 2.16 bits per heavy atom. The standard InChI is InChI=1S/C20H16BrCl2NO/c21-16-3-10-20(25-13-14-1-4-17(22)5-2-14)15(11-16)12-24-19-8-6-18(23)7-9-19/h1-11,24H,12-13H2. The maximum absolute atomic E-state index is 6.00. The van der Waals surface area contributed by atoms with E-state index in [2.05, 4.69) is 27.3 Å². The van der Waals surface area contributed by atoms with Crippen molar-refractivity contribution in [2.24, 2.45) is 0 Å². The minimum Gasteiger partial charge on any atom is -0.489 e. The molecule has 0 spiro atoms. The Morgan fingerprint density at radius 1 is 0.840 bits per heavy atom. The fourth-order valence-corrected chi connectivity index (χ4v) is 2.99. The molecule has 0 saturated heterocycles. The second-order valence-corrected chi connectivity index (χ2v) is 7.32. The normalized spacial score (nSPS) is 10.5. The van der Waals surface area contributed by atoms with E-state index in [-0.39, 0.29) is 0 Å². The molecular weight excluding hydrogens is 421 g/mol. The quantitative estimate of drug-likeness (QED) is 0.451. The van der Waals surface area contributed by atoms with Crippen LogP contribution in [0.15, 0.2) is 71.2 Å². The van der Waals surface area contributed by atoms with Crippen LogP contribution in [0.4, 0.5) is 5.69 Å². The highest BCUT2D eigenvalue weighted by Gasteiger charge is 2.06. The molecule has 0 aromatic heterocycles. The van der Waals surface area contributed by atoms with Crippen LogP contribution in [0.25, 0.3) is 0 Å². The molecule has 3 aromatic rings. The van der Waals surface area contributed by atoms with Gasteiger partial charge >= 0.3 is 0 Å². The molecule has 0 bridgehead atoms. The molecule has 3 rings (SSSR count). The van der Waals surface area contributed by atoms with Crippen molar-refractivity contribution in [1.29, 1.82) is 0 Å². The smallest absolute Gasteiger partial charge is 0.124 e. The van der Waals surface area contributed by atoms with Gasteiger partial charge in [-0.1, -0.05) is 51.3 Å². The number of hydrogen-bond acceptors (Lipinski definition) is 2. The van der Waals surface area contributed by atoms with Crippen LogP contribution >= 0.6 is 39.1 Å². The number of halogens is 3. The van der Waals surface area contributed by atoms with Gasteiger partial charge in [-0.05, 0) is 60.2 Å². The molecule has 3 aromatic carbocycles. The van der Waals surface area contributed by atoms with Crippen molar-refractivity contribution < 1.29 is 4.74 Å². The Kier molecular flexibility index (Phi) is 6.24. The van der Waals surface area contributed by atoms with E-state index in [4.69, 9.17) is 27.9 Å². The minimum absolute atomic E-state index is 0.493. The molecule has 5 heteroatoms. The molecule has 0 fully saturated rings. The number of anilines is 1. The maximum Gasteiger partial charge on any atom is 0.124 e. The van der Waals surface area contributed by atoms with Crippen LogP contribution in [0.5, 0.6) is 5.75 Å². The molecule has 2 nitrogen and oxygen atoms in total. The van der Waals surface area contributed by atoms with Crippen LogP contribution < -0.4 is 10.1 Å². The largest absolute Gasteiger partial charge is 0.489 e. The Bertz CT molecular complexity index is 835. The van der Waals surface area contributed by atoms with E-state index >= 15 is 0 Å². The molecule has 0 aliphatic carbocycles. The number of benzene rings is 3. The molecule has 128 valence electrons.